The van der Waals surface area contributed by atoms with Crippen molar-refractivity contribution in [2.45, 2.75) is 6.92 Å². The van der Waals surface area contributed by atoms with Crippen molar-refractivity contribution in [3.63, 3.8) is 0 Å². The van der Waals surface area contributed by atoms with Gasteiger partial charge in [0.25, 0.3) is 0 Å². The van der Waals surface area contributed by atoms with E-state index in [1.807, 2.05) is 31.2 Å². The minimum Gasteiger partial charge on any atom is -0.308 e. The molecule has 0 aliphatic carbocycles. The number of nitrogens with one attached hydrogen (secondary N) is 2. The molecule has 0 fully saturated rings. The van der Waals surface area contributed by atoms with Gasteiger partial charge in [-0.05, 0) is 18.6 Å². The highest BCUT2D eigenvalue weighted by atomic mass is 15.5. The number of aryl methyl sites for hydroxylation is 1. The summed E-state index contributed by atoms with van der Waals surface area (Å²) >= 11 is 0. The molecule has 1 aromatic rings. The minimum atomic E-state index is 1.00. The molecule has 0 saturated heterocycles. The molecule has 0 aromatic heterocycles. The van der Waals surface area contributed by atoms with Gasteiger partial charge in [-0.2, -0.15) is 5.53 Å². The Bertz CT molecular complexity index is 210. The summed E-state index contributed by atoms with van der Waals surface area (Å²) in [7, 11) is 0. The normalized spacial score (nSPS) is 9.40. The Labute approximate surface area is 60.2 Å². The molecule has 0 amide bonds. The van der Waals surface area contributed by atoms with E-state index in [0.717, 1.165) is 5.69 Å². The van der Waals surface area contributed by atoms with Gasteiger partial charge in [-0.15, -0.1) is 0 Å². The first kappa shape index (κ1) is 7.05. The third-order valence-electron chi connectivity index (χ3n) is 1.35. The molecule has 0 radical (unpaired) electrons. The zero-order chi connectivity index (χ0) is 7.40. The van der Waals surface area contributed by atoms with Gasteiger partial charge in [0.1, 0.15) is 0 Å². The molecule has 3 heteroatoms. The lowest BCUT2D eigenvalue weighted by atomic mass is 10.2. The van der Waals surface area contributed by atoms with Crippen molar-refractivity contribution in [3.8, 4) is 0 Å². The Morgan fingerprint density at radius 3 is 2.60 bits per heavy atom. The number of nitrogens with two attached hydrogens (primary N) is 1. The molecule has 0 bridgehead atoms. The number of hydrogen-bond donors (Lipinski definition) is 3. The predicted octanol–water partition coefficient (Wildman–Crippen LogP) is 0.785. The van der Waals surface area contributed by atoms with Crippen LogP contribution in [0.1, 0.15) is 5.56 Å². The van der Waals surface area contributed by atoms with E-state index >= 15 is 0 Å². The molecule has 3 nitrogen and oxygen atoms in total. The molecule has 0 heterocycles. The number of hydrazine groups is 2. The molecule has 0 spiro atoms. The number of rotatable bonds is 2. The van der Waals surface area contributed by atoms with Crippen LogP contribution in [-0.4, -0.2) is 0 Å². The molecule has 0 aliphatic heterocycles. The lowest BCUT2D eigenvalue weighted by Gasteiger charge is -2.05. The van der Waals surface area contributed by atoms with E-state index in [0.29, 0.717) is 0 Å². The molecule has 4 N–H and O–H groups in total. The van der Waals surface area contributed by atoms with Gasteiger partial charge >= 0.3 is 0 Å². The molecular weight excluding hydrogens is 126 g/mol. The summed E-state index contributed by atoms with van der Waals surface area (Å²) in [6.07, 6.45) is 0. The quantitative estimate of drug-likeness (QED) is 0.417. The first-order valence-electron chi connectivity index (χ1n) is 3.12. The summed E-state index contributed by atoms with van der Waals surface area (Å²) in [4.78, 5) is 0. The molecular formula is C7H11N3. The Morgan fingerprint density at radius 2 is 2.00 bits per heavy atom. The van der Waals surface area contributed by atoms with Gasteiger partial charge in [0.05, 0.1) is 5.69 Å². The van der Waals surface area contributed by atoms with E-state index in [1.54, 1.807) is 0 Å². The van der Waals surface area contributed by atoms with E-state index in [-0.39, 0.29) is 0 Å². The summed E-state index contributed by atoms with van der Waals surface area (Å²) < 4.78 is 0. The van der Waals surface area contributed by atoms with E-state index < -0.39 is 0 Å². The SMILES string of the molecule is Cc1ccccc1NNN. The number of benzene rings is 1. The van der Waals surface area contributed by atoms with Crippen LogP contribution in [0.15, 0.2) is 24.3 Å². The largest absolute Gasteiger partial charge is 0.308 e. The van der Waals surface area contributed by atoms with Crippen LogP contribution in [0, 0.1) is 6.92 Å². The fourth-order valence-corrected chi connectivity index (χ4v) is 0.791. The Hall–Kier alpha value is -1.06. The van der Waals surface area contributed by atoms with E-state index in [9.17, 15) is 0 Å². The van der Waals surface area contributed by atoms with Crippen molar-refractivity contribution < 1.29 is 0 Å². The van der Waals surface area contributed by atoms with Crippen LogP contribution in [0.2, 0.25) is 0 Å². The van der Waals surface area contributed by atoms with Crippen LogP contribution < -0.4 is 16.8 Å². The molecule has 1 aromatic carbocycles. The number of para-hydroxylation sites is 1. The van der Waals surface area contributed by atoms with Crippen molar-refractivity contribution in [2.24, 2.45) is 5.84 Å². The highest BCUT2D eigenvalue weighted by molar-refractivity contribution is 5.49. The van der Waals surface area contributed by atoms with Crippen LogP contribution in [0.25, 0.3) is 0 Å². The monoisotopic (exact) mass is 137 g/mol. The van der Waals surface area contributed by atoms with Crippen molar-refractivity contribution in [3.05, 3.63) is 29.8 Å². The summed E-state index contributed by atoms with van der Waals surface area (Å²) in [6, 6.07) is 7.90. The fraction of sp³-hybridized carbons (Fsp3) is 0.143. The average Bonchev–Trinajstić information content (AvgIpc) is 1.94. The third-order valence-corrected chi connectivity index (χ3v) is 1.35. The standard InChI is InChI=1S/C7H11N3/c1-6-4-2-3-5-7(6)9-10-8/h2-5,9-10H,8H2,1H3. The second kappa shape index (κ2) is 3.20. The summed E-state index contributed by atoms with van der Waals surface area (Å²) in [5.41, 5.74) is 7.35. The predicted molar refractivity (Wildman–Crippen MR) is 42.1 cm³/mol. The Morgan fingerprint density at radius 1 is 1.30 bits per heavy atom. The topological polar surface area (TPSA) is 50.1 Å². The Kier molecular flexibility index (Phi) is 2.25. The van der Waals surface area contributed by atoms with Crippen molar-refractivity contribution in [1.82, 2.24) is 5.53 Å². The maximum Gasteiger partial charge on any atom is 0.0530 e. The van der Waals surface area contributed by atoms with Gasteiger partial charge in [0.2, 0.25) is 0 Å². The summed E-state index contributed by atoms with van der Waals surface area (Å²) in [5, 5.41) is 0. The first-order chi connectivity index (χ1) is 4.84. The van der Waals surface area contributed by atoms with Crippen molar-refractivity contribution in [1.29, 1.82) is 0 Å². The highest BCUT2D eigenvalue weighted by Crippen LogP contribution is 2.10. The second-order valence-corrected chi connectivity index (χ2v) is 2.08. The summed E-state index contributed by atoms with van der Waals surface area (Å²) in [6.45, 7) is 2.01. The zero-order valence-corrected chi connectivity index (χ0v) is 5.89. The van der Waals surface area contributed by atoms with Gasteiger partial charge in [0, 0.05) is 0 Å². The van der Waals surface area contributed by atoms with E-state index in [1.165, 1.54) is 5.56 Å². The average molecular weight is 137 g/mol. The van der Waals surface area contributed by atoms with E-state index in [2.05, 4.69) is 11.0 Å². The van der Waals surface area contributed by atoms with E-state index in [4.69, 9.17) is 5.84 Å². The first-order valence-corrected chi connectivity index (χ1v) is 3.12. The minimum absolute atomic E-state index is 1.00. The van der Waals surface area contributed by atoms with Crippen LogP contribution in [0.4, 0.5) is 5.69 Å². The smallest absolute Gasteiger partial charge is 0.0530 e. The van der Waals surface area contributed by atoms with Gasteiger partial charge in [-0.1, -0.05) is 18.2 Å². The lowest BCUT2D eigenvalue weighted by molar-refractivity contribution is 0.874. The maximum absolute atomic E-state index is 5.07. The lowest BCUT2D eigenvalue weighted by Crippen LogP contribution is -2.28. The van der Waals surface area contributed by atoms with Gasteiger partial charge < -0.3 is 5.43 Å². The van der Waals surface area contributed by atoms with Crippen LogP contribution in [0.5, 0.6) is 0 Å². The van der Waals surface area contributed by atoms with Gasteiger partial charge in [-0.25, -0.2) is 0 Å². The fourth-order valence-electron chi connectivity index (χ4n) is 0.791. The number of hydrogen-bond acceptors (Lipinski definition) is 3. The number of anilines is 1. The molecule has 54 valence electrons. The molecule has 10 heavy (non-hydrogen) atoms. The van der Waals surface area contributed by atoms with Crippen LogP contribution in [0.3, 0.4) is 0 Å². The Balaban J connectivity index is 2.81. The van der Waals surface area contributed by atoms with Gasteiger partial charge in [0.15, 0.2) is 0 Å². The maximum atomic E-state index is 5.07. The van der Waals surface area contributed by atoms with Crippen molar-refractivity contribution in [2.75, 3.05) is 5.43 Å². The highest BCUT2D eigenvalue weighted by Gasteiger charge is 1.90. The van der Waals surface area contributed by atoms with Crippen LogP contribution >= 0.6 is 0 Å². The molecule has 0 atom stereocenters. The summed E-state index contributed by atoms with van der Waals surface area (Å²) in [5.74, 6) is 5.07. The van der Waals surface area contributed by atoms with Gasteiger partial charge in [-0.3, -0.25) is 5.84 Å². The zero-order valence-electron chi connectivity index (χ0n) is 5.89. The molecule has 0 aliphatic rings. The third kappa shape index (κ3) is 1.46. The second-order valence-electron chi connectivity index (χ2n) is 2.08. The van der Waals surface area contributed by atoms with Crippen LogP contribution in [-0.2, 0) is 0 Å². The molecule has 0 unspecified atom stereocenters. The molecule has 0 saturated carbocycles. The van der Waals surface area contributed by atoms with Crippen molar-refractivity contribution >= 4 is 5.69 Å². The molecule has 1 rings (SSSR count).